The second kappa shape index (κ2) is 7.82. The van der Waals surface area contributed by atoms with Gasteiger partial charge in [0.25, 0.3) is 0 Å². The van der Waals surface area contributed by atoms with E-state index < -0.39 is 0 Å². The molecular formula is C16H28ClN3. The third-order valence-electron chi connectivity index (χ3n) is 3.64. The summed E-state index contributed by atoms with van der Waals surface area (Å²) in [5, 5.41) is 0.589. The number of aromatic nitrogens is 2. The van der Waals surface area contributed by atoms with Gasteiger partial charge in [0, 0.05) is 24.6 Å². The van der Waals surface area contributed by atoms with Gasteiger partial charge in [-0.25, -0.2) is 9.97 Å². The van der Waals surface area contributed by atoms with Crippen LogP contribution in [0.5, 0.6) is 0 Å². The van der Waals surface area contributed by atoms with Crippen LogP contribution >= 0.6 is 11.6 Å². The Morgan fingerprint density at radius 2 is 1.70 bits per heavy atom. The fourth-order valence-electron chi connectivity index (χ4n) is 2.49. The van der Waals surface area contributed by atoms with Crippen LogP contribution in [0.3, 0.4) is 0 Å². The van der Waals surface area contributed by atoms with Crippen molar-refractivity contribution in [1.82, 2.24) is 9.97 Å². The first-order valence-corrected chi connectivity index (χ1v) is 8.11. The van der Waals surface area contributed by atoms with Crippen molar-refractivity contribution in [3.05, 3.63) is 16.5 Å². The fraction of sp³-hybridized carbons (Fsp3) is 0.750. The molecule has 0 unspecified atom stereocenters. The molecule has 1 heterocycles. The summed E-state index contributed by atoms with van der Waals surface area (Å²) in [6.07, 6.45) is 3.04. The Balaban J connectivity index is 3.28. The lowest BCUT2D eigenvalue weighted by Gasteiger charge is -2.34. The first-order chi connectivity index (χ1) is 9.44. The second-order valence-corrected chi connectivity index (χ2v) is 6.11. The quantitative estimate of drug-likeness (QED) is 0.686. The summed E-state index contributed by atoms with van der Waals surface area (Å²) in [7, 11) is 0. The number of aryl methyl sites for hydroxylation is 1. The molecule has 0 saturated carbocycles. The van der Waals surface area contributed by atoms with Crippen molar-refractivity contribution in [1.29, 1.82) is 0 Å². The number of halogens is 1. The lowest BCUT2D eigenvalue weighted by atomic mass is 10.1. The van der Waals surface area contributed by atoms with Crippen molar-refractivity contribution >= 4 is 17.4 Å². The molecule has 0 bridgehead atoms. The minimum atomic E-state index is 0.506. The maximum Gasteiger partial charge on any atom is 0.137 e. The zero-order valence-corrected chi connectivity index (χ0v) is 14.5. The Hall–Kier alpha value is -0.830. The molecule has 1 aromatic heterocycles. The summed E-state index contributed by atoms with van der Waals surface area (Å²) in [5.74, 6) is 2.44. The first kappa shape index (κ1) is 17.2. The maximum atomic E-state index is 6.29. The third kappa shape index (κ3) is 4.08. The molecule has 1 aromatic rings. The van der Waals surface area contributed by atoms with Crippen molar-refractivity contribution in [2.45, 2.75) is 66.8 Å². The van der Waals surface area contributed by atoms with Crippen LogP contribution in [0.2, 0.25) is 5.15 Å². The van der Waals surface area contributed by atoms with Crippen molar-refractivity contribution in [3.63, 3.8) is 0 Å². The van der Waals surface area contributed by atoms with Gasteiger partial charge in [0.05, 0.1) is 0 Å². The predicted molar refractivity (Wildman–Crippen MR) is 87.7 cm³/mol. The lowest BCUT2D eigenvalue weighted by molar-refractivity contribution is 0.501. The van der Waals surface area contributed by atoms with E-state index in [4.69, 9.17) is 16.6 Å². The molecule has 0 saturated heterocycles. The summed E-state index contributed by atoms with van der Waals surface area (Å²) in [6, 6.07) is 0.506. The van der Waals surface area contributed by atoms with Crippen LogP contribution in [0.4, 0.5) is 5.82 Å². The van der Waals surface area contributed by atoms with Crippen LogP contribution in [0.25, 0.3) is 0 Å². The molecule has 0 radical (unpaired) electrons. The highest BCUT2D eigenvalue weighted by atomic mass is 35.5. The average molecular weight is 298 g/mol. The SMILES string of the molecule is CCc1nc(Cl)c(C)c(N(CC(C)C)C(CC)CC)n1. The molecule has 20 heavy (non-hydrogen) atoms. The number of rotatable bonds is 7. The number of hydrogen-bond donors (Lipinski definition) is 0. The molecule has 0 fully saturated rings. The molecule has 0 aliphatic rings. The molecule has 0 aliphatic heterocycles. The van der Waals surface area contributed by atoms with Gasteiger partial charge >= 0.3 is 0 Å². The molecule has 4 heteroatoms. The maximum absolute atomic E-state index is 6.29. The zero-order chi connectivity index (χ0) is 15.3. The number of hydrogen-bond acceptors (Lipinski definition) is 3. The van der Waals surface area contributed by atoms with Crippen molar-refractivity contribution < 1.29 is 0 Å². The lowest BCUT2D eigenvalue weighted by Crippen LogP contribution is -2.38. The van der Waals surface area contributed by atoms with E-state index in [2.05, 4.69) is 44.5 Å². The average Bonchev–Trinajstić information content (AvgIpc) is 2.41. The number of nitrogens with zero attached hydrogens (tertiary/aromatic N) is 3. The van der Waals surface area contributed by atoms with Crippen LogP contribution in [0.1, 0.15) is 58.8 Å². The van der Waals surface area contributed by atoms with Gasteiger partial charge in [-0.15, -0.1) is 0 Å². The largest absolute Gasteiger partial charge is 0.353 e. The summed E-state index contributed by atoms with van der Waals surface area (Å²) >= 11 is 6.29. The van der Waals surface area contributed by atoms with Crippen LogP contribution < -0.4 is 4.90 Å². The predicted octanol–water partition coefficient (Wildman–Crippen LogP) is 4.65. The topological polar surface area (TPSA) is 29.0 Å². The smallest absolute Gasteiger partial charge is 0.137 e. The Morgan fingerprint density at radius 1 is 1.10 bits per heavy atom. The fourth-order valence-corrected chi connectivity index (χ4v) is 2.67. The van der Waals surface area contributed by atoms with E-state index >= 15 is 0 Å². The van der Waals surface area contributed by atoms with E-state index in [9.17, 15) is 0 Å². The Morgan fingerprint density at radius 3 is 2.15 bits per heavy atom. The third-order valence-corrected chi connectivity index (χ3v) is 4.01. The molecular weight excluding hydrogens is 270 g/mol. The van der Waals surface area contributed by atoms with Crippen molar-refractivity contribution in [3.8, 4) is 0 Å². The van der Waals surface area contributed by atoms with Crippen LogP contribution in [-0.2, 0) is 6.42 Å². The van der Waals surface area contributed by atoms with E-state index in [1.807, 2.05) is 6.92 Å². The Kier molecular flexibility index (Phi) is 6.74. The van der Waals surface area contributed by atoms with Crippen LogP contribution in [0.15, 0.2) is 0 Å². The molecule has 0 N–H and O–H groups in total. The van der Waals surface area contributed by atoms with Gasteiger partial charge in [-0.2, -0.15) is 0 Å². The summed E-state index contributed by atoms with van der Waals surface area (Å²) in [6.45, 7) is 14.0. The Bertz CT molecular complexity index is 428. The molecule has 0 spiro atoms. The molecule has 1 rings (SSSR count). The summed E-state index contributed by atoms with van der Waals surface area (Å²) in [5.41, 5.74) is 0.997. The first-order valence-electron chi connectivity index (χ1n) is 7.74. The van der Waals surface area contributed by atoms with Gasteiger partial charge in [0.15, 0.2) is 0 Å². The summed E-state index contributed by atoms with van der Waals surface area (Å²) in [4.78, 5) is 11.5. The normalized spacial score (nSPS) is 11.4. The van der Waals surface area contributed by atoms with Gasteiger partial charge in [-0.05, 0) is 25.7 Å². The van der Waals surface area contributed by atoms with E-state index in [1.165, 1.54) is 0 Å². The van der Waals surface area contributed by atoms with E-state index in [1.54, 1.807) is 0 Å². The number of anilines is 1. The molecule has 0 aromatic carbocycles. The van der Waals surface area contributed by atoms with Gasteiger partial charge in [-0.3, -0.25) is 0 Å². The van der Waals surface area contributed by atoms with Gasteiger partial charge in [0.1, 0.15) is 16.8 Å². The highest BCUT2D eigenvalue weighted by molar-refractivity contribution is 6.30. The van der Waals surface area contributed by atoms with Crippen molar-refractivity contribution in [2.75, 3.05) is 11.4 Å². The molecule has 3 nitrogen and oxygen atoms in total. The van der Waals surface area contributed by atoms with E-state index in [0.29, 0.717) is 17.1 Å². The molecule has 114 valence electrons. The van der Waals surface area contributed by atoms with Crippen molar-refractivity contribution in [2.24, 2.45) is 5.92 Å². The minimum absolute atomic E-state index is 0.506. The zero-order valence-electron chi connectivity index (χ0n) is 13.7. The minimum Gasteiger partial charge on any atom is -0.353 e. The Labute approximate surface area is 128 Å². The van der Waals surface area contributed by atoms with Crippen LogP contribution in [-0.4, -0.2) is 22.6 Å². The standard InChI is InChI=1S/C16H28ClN3/c1-7-13(8-2)20(10-11(4)5)16-12(6)15(17)18-14(9-3)19-16/h11,13H,7-10H2,1-6H3. The molecule has 0 aliphatic carbocycles. The van der Waals surface area contributed by atoms with E-state index in [0.717, 1.165) is 43.0 Å². The monoisotopic (exact) mass is 297 g/mol. The molecule has 0 atom stereocenters. The summed E-state index contributed by atoms with van der Waals surface area (Å²) < 4.78 is 0. The van der Waals surface area contributed by atoms with Gasteiger partial charge < -0.3 is 4.90 Å². The molecule has 0 amide bonds. The van der Waals surface area contributed by atoms with E-state index in [-0.39, 0.29) is 0 Å². The van der Waals surface area contributed by atoms with Gasteiger partial charge in [-0.1, -0.05) is 46.2 Å². The second-order valence-electron chi connectivity index (χ2n) is 5.75. The highest BCUT2D eigenvalue weighted by Gasteiger charge is 2.22. The highest BCUT2D eigenvalue weighted by Crippen LogP contribution is 2.27. The van der Waals surface area contributed by atoms with Crippen LogP contribution in [0, 0.1) is 12.8 Å². The van der Waals surface area contributed by atoms with Gasteiger partial charge in [0.2, 0.25) is 0 Å².